The van der Waals surface area contributed by atoms with Crippen molar-refractivity contribution < 1.29 is 9.84 Å². The Balaban J connectivity index is 1.85. The van der Waals surface area contributed by atoms with Crippen molar-refractivity contribution in [1.82, 2.24) is 4.90 Å². The Kier molecular flexibility index (Phi) is 5.58. The second-order valence-electron chi connectivity index (χ2n) is 5.81. The van der Waals surface area contributed by atoms with Crippen molar-refractivity contribution in [2.45, 2.75) is 45.8 Å². The fourth-order valence-electron chi connectivity index (χ4n) is 2.82. The molecule has 0 amide bonds. The van der Waals surface area contributed by atoms with Crippen molar-refractivity contribution >= 4 is 0 Å². The van der Waals surface area contributed by atoms with Crippen LogP contribution in [0, 0.1) is 13.8 Å². The first kappa shape index (κ1) is 15.5. The normalized spacial score (nSPS) is 19.2. The van der Waals surface area contributed by atoms with Gasteiger partial charge in [-0.25, -0.2) is 0 Å². The molecule has 3 heteroatoms. The molecule has 1 aliphatic rings. The Hall–Kier alpha value is -0.900. The van der Waals surface area contributed by atoms with Gasteiger partial charge in [-0.1, -0.05) is 18.2 Å². The zero-order valence-corrected chi connectivity index (χ0v) is 12.9. The van der Waals surface area contributed by atoms with E-state index in [1.54, 1.807) is 0 Å². The van der Waals surface area contributed by atoms with Gasteiger partial charge in [0.25, 0.3) is 0 Å². The maximum Gasteiger partial charge on any atom is 0.0917 e. The van der Waals surface area contributed by atoms with Crippen molar-refractivity contribution in [2.75, 3.05) is 26.2 Å². The van der Waals surface area contributed by atoms with Crippen LogP contribution in [0.1, 0.15) is 42.6 Å². The van der Waals surface area contributed by atoms with E-state index in [4.69, 9.17) is 4.74 Å². The number of benzene rings is 1. The maximum atomic E-state index is 10.4. The van der Waals surface area contributed by atoms with E-state index in [-0.39, 0.29) is 0 Å². The highest BCUT2D eigenvalue weighted by Crippen LogP contribution is 2.20. The molecule has 1 aliphatic heterocycles. The minimum Gasteiger partial charge on any atom is -0.387 e. The molecule has 0 bridgehead atoms. The third-order valence-electron chi connectivity index (χ3n) is 4.28. The SMILES string of the molecule is CCOC1CCN(CC(O)c2ccc(C)c(C)c2)CC1. The van der Waals surface area contributed by atoms with Crippen LogP contribution in [0.2, 0.25) is 0 Å². The van der Waals surface area contributed by atoms with Crippen LogP contribution >= 0.6 is 0 Å². The summed E-state index contributed by atoms with van der Waals surface area (Å²) in [5.41, 5.74) is 3.55. The van der Waals surface area contributed by atoms with Gasteiger partial charge < -0.3 is 14.7 Å². The first-order chi connectivity index (χ1) is 9.60. The highest BCUT2D eigenvalue weighted by Gasteiger charge is 2.21. The molecule has 3 nitrogen and oxygen atoms in total. The number of hydrogen-bond donors (Lipinski definition) is 1. The van der Waals surface area contributed by atoms with Crippen molar-refractivity contribution in [3.63, 3.8) is 0 Å². The molecule has 1 unspecified atom stereocenters. The Morgan fingerprint density at radius 3 is 2.55 bits per heavy atom. The predicted molar refractivity (Wildman–Crippen MR) is 82.0 cm³/mol. The highest BCUT2D eigenvalue weighted by atomic mass is 16.5. The standard InChI is InChI=1S/C17H27NO2/c1-4-20-16-7-9-18(10-8-16)12-17(19)15-6-5-13(2)14(3)11-15/h5-6,11,16-17,19H,4,7-10,12H2,1-3H3. The number of β-amino-alcohol motifs (C(OH)–C–C–N with tert-alkyl or cyclic N) is 1. The van der Waals surface area contributed by atoms with Crippen LogP contribution in [0.25, 0.3) is 0 Å². The molecule has 1 heterocycles. The molecule has 0 radical (unpaired) electrons. The zero-order valence-electron chi connectivity index (χ0n) is 12.9. The van der Waals surface area contributed by atoms with E-state index >= 15 is 0 Å². The number of ether oxygens (including phenoxy) is 1. The van der Waals surface area contributed by atoms with Crippen LogP contribution in [-0.2, 0) is 4.74 Å². The van der Waals surface area contributed by atoms with Crippen LogP contribution in [-0.4, -0.2) is 42.4 Å². The number of rotatable bonds is 5. The molecular weight excluding hydrogens is 250 g/mol. The Bertz CT molecular complexity index is 425. The topological polar surface area (TPSA) is 32.7 Å². The predicted octanol–water partition coefficient (Wildman–Crippen LogP) is 2.84. The van der Waals surface area contributed by atoms with E-state index in [9.17, 15) is 5.11 Å². The van der Waals surface area contributed by atoms with Gasteiger partial charge >= 0.3 is 0 Å². The van der Waals surface area contributed by atoms with E-state index in [0.29, 0.717) is 6.10 Å². The molecule has 2 rings (SSSR count). The summed E-state index contributed by atoms with van der Waals surface area (Å²) in [4.78, 5) is 2.34. The fourth-order valence-corrected chi connectivity index (χ4v) is 2.82. The van der Waals surface area contributed by atoms with Crippen LogP contribution in [0.4, 0.5) is 0 Å². The summed E-state index contributed by atoms with van der Waals surface area (Å²) in [5, 5.41) is 10.4. The third kappa shape index (κ3) is 4.05. The van der Waals surface area contributed by atoms with Gasteiger partial charge in [-0.3, -0.25) is 0 Å². The van der Waals surface area contributed by atoms with Gasteiger partial charge in [0.2, 0.25) is 0 Å². The smallest absolute Gasteiger partial charge is 0.0917 e. The lowest BCUT2D eigenvalue weighted by Gasteiger charge is -2.33. The maximum absolute atomic E-state index is 10.4. The Morgan fingerprint density at radius 2 is 1.95 bits per heavy atom. The van der Waals surface area contributed by atoms with Crippen molar-refractivity contribution in [1.29, 1.82) is 0 Å². The minimum absolute atomic E-state index is 0.391. The summed E-state index contributed by atoms with van der Waals surface area (Å²) >= 11 is 0. The number of piperidine rings is 1. The summed E-state index contributed by atoms with van der Waals surface area (Å²) in [6, 6.07) is 6.24. The molecule has 1 N–H and O–H groups in total. The molecular formula is C17H27NO2. The second kappa shape index (κ2) is 7.21. The third-order valence-corrected chi connectivity index (χ3v) is 4.28. The summed E-state index contributed by atoms with van der Waals surface area (Å²) in [6.45, 7) is 9.81. The van der Waals surface area contributed by atoms with Crippen LogP contribution in [0.5, 0.6) is 0 Å². The lowest BCUT2D eigenvalue weighted by Crippen LogP contribution is -2.39. The number of aliphatic hydroxyl groups is 1. The van der Waals surface area contributed by atoms with Gasteiger partial charge in [-0.2, -0.15) is 0 Å². The average molecular weight is 277 g/mol. The van der Waals surface area contributed by atoms with Crippen LogP contribution in [0.15, 0.2) is 18.2 Å². The van der Waals surface area contributed by atoms with Crippen LogP contribution in [0.3, 0.4) is 0 Å². The van der Waals surface area contributed by atoms with Gasteiger partial charge in [-0.15, -0.1) is 0 Å². The van der Waals surface area contributed by atoms with Crippen molar-refractivity contribution in [3.8, 4) is 0 Å². The molecule has 1 atom stereocenters. The zero-order chi connectivity index (χ0) is 14.5. The molecule has 0 spiro atoms. The van der Waals surface area contributed by atoms with E-state index in [1.807, 2.05) is 6.07 Å². The van der Waals surface area contributed by atoms with Gasteiger partial charge in [0.05, 0.1) is 12.2 Å². The molecule has 1 aromatic carbocycles. The van der Waals surface area contributed by atoms with E-state index in [2.05, 4.69) is 37.8 Å². The number of hydrogen-bond acceptors (Lipinski definition) is 3. The lowest BCUT2D eigenvalue weighted by atomic mass is 10.0. The number of aliphatic hydroxyl groups excluding tert-OH is 1. The first-order valence-corrected chi connectivity index (χ1v) is 7.69. The minimum atomic E-state index is -0.391. The van der Waals surface area contributed by atoms with Crippen molar-refractivity contribution in [2.24, 2.45) is 0 Å². The average Bonchev–Trinajstić information content (AvgIpc) is 2.44. The van der Waals surface area contributed by atoms with E-state index < -0.39 is 6.10 Å². The summed E-state index contributed by atoms with van der Waals surface area (Å²) in [7, 11) is 0. The van der Waals surface area contributed by atoms with Gasteiger partial charge in [0.1, 0.15) is 0 Å². The first-order valence-electron chi connectivity index (χ1n) is 7.69. The summed E-state index contributed by atoms with van der Waals surface area (Å²) in [5.74, 6) is 0. The van der Waals surface area contributed by atoms with Gasteiger partial charge in [0, 0.05) is 26.2 Å². The van der Waals surface area contributed by atoms with Gasteiger partial charge in [-0.05, 0) is 50.3 Å². The summed E-state index contributed by atoms with van der Waals surface area (Å²) < 4.78 is 5.66. The molecule has 0 aromatic heterocycles. The Labute approximate surface area is 122 Å². The van der Waals surface area contributed by atoms with Gasteiger partial charge in [0.15, 0.2) is 0 Å². The summed E-state index contributed by atoms with van der Waals surface area (Å²) in [6.07, 6.45) is 2.17. The number of nitrogens with zero attached hydrogens (tertiary/aromatic N) is 1. The highest BCUT2D eigenvalue weighted by molar-refractivity contribution is 5.31. The van der Waals surface area contributed by atoms with Crippen molar-refractivity contribution in [3.05, 3.63) is 34.9 Å². The molecule has 0 saturated carbocycles. The van der Waals surface area contributed by atoms with E-state index in [0.717, 1.165) is 44.6 Å². The lowest BCUT2D eigenvalue weighted by molar-refractivity contribution is 0.00327. The van der Waals surface area contributed by atoms with Crippen LogP contribution < -0.4 is 0 Å². The molecule has 1 aromatic rings. The number of likely N-dealkylation sites (tertiary alicyclic amines) is 1. The largest absolute Gasteiger partial charge is 0.387 e. The fraction of sp³-hybridized carbons (Fsp3) is 0.647. The quantitative estimate of drug-likeness (QED) is 0.898. The number of aryl methyl sites for hydroxylation is 2. The molecule has 20 heavy (non-hydrogen) atoms. The molecule has 1 fully saturated rings. The van der Waals surface area contributed by atoms with E-state index in [1.165, 1.54) is 11.1 Å². The second-order valence-corrected chi connectivity index (χ2v) is 5.81. The monoisotopic (exact) mass is 277 g/mol. The molecule has 112 valence electrons. The Morgan fingerprint density at radius 1 is 1.25 bits per heavy atom. The molecule has 0 aliphatic carbocycles. The molecule has 1 saturated heterocycles.